The first-order valence-corrected chi connectivity index (χ1v) is 9.65. The normalized spacial score (nSPS) is 13.6. The molecule has 28 heavy (non-hydrogen) atoms. The van der Waals surface area contributed by atoms with Gasteiger partial charge in [-0.1, -0.05) is 58.0 Å². The van der Waals surface area contributed by atoms with Gasteiger partial charge in [-0.05, 0) is 41.0 Å². The number of fused-ring (bicyclic) bond motifs is 1. The molecular weight excluding hydrogens is 352 g/mol. The van der Waals surface area contributed by atoms with Crippen LogP contribution in [0.25, 0.3) is 0 Å². The van der Waals surface area contributed by atoms with Gasteiger partial charge in [-0.15, -0.1) is 0 Å². The molecule has 2 aromatic carbocycles. The summed E-state index contributed by atoms with van der Waals surface area (Å²) in [6, 6.07) is 11.1. The average molecular weight is 378 g/mol. The second kappa shape index (κ2) is 7.58. The Labute approximate surface area is 165 Å². The highest BCUT2D eigenvalue weighted by atomic mass is 16.2. The largest absolute Gasteiger partial charge is 0.370 e. The first-order chi connectivity index (χ1) is 13.2. The van der Waals surface area contributed by atoms with Crippen molar-refractivity contribution in [1.82, 2.24) is 0 Å². The molecule has 0 spiro atoms. The van der Waals surface area contributed by atoms with Crippen molar-refractivity contribution in [2.75, 3.05) is 4.90 Å². The molecule has 3 rings (SSSR count). The van der Waals surface area contributed by atoms with E-state index in [1.165, 1.54) is 4.90 Å². The van der Waals surface area contributed by atoms with Crippen LogP contribution < -0.4 is 10.6 Å². The van der Waals surface area contributed by atoms with E-state index in [4.69, 9.17) is 5.73 Å². The molecule has 3 amide bonds. The number of amides is 3. The highest BCUT2D eigenvalue weighted by Gasteiger charge is 2.40. The summed E-state index contributed by atoms with van der Waals surface area (Å²) in [7, 11) is 0. The van der Waals surface area contributed by atoms with Gasteiger partial charge in [0.25, 0.3) is 11.8 Å². The van der Waals surface area contributed by atoms with E-state index >= 15 is 0 Å². The van der Waals surface area contributed by atoms with Crippen LogP contribution in [0.5, 0.6) is 0 Å². The first kappa shape index (κ1) is 19.8. The molecule has 1 aliphatic rings. The van der Waals surface area contributed by atoms with Gasteiger partial charge in [0, 0.05) is 6.42 Å². The second-order valence-electron chi connectivity index (χ2n) is 7.85. The molecule has 0 aliphatic carbocycles. The lowest BCUT2D eigenvalue weighted by Gasteiger charge is -2.25. The summed E-state index contributed by atoms with van der Waals surface area (Å²) in [5.41, 5.74) is 9.37. The number of nitrogens with two attached hydrogens (primary N) is 1. The first-order valence-electron chi connectivity index (χ1n) is 9.65. The molecule has 1 aliphatic heterocycles. The minimum Gasteiger partial charge on any atom is -0.370 e. The van der Waals surface area contributed by atoms with Crippen molar-refractivity contribution >= 4 is 23.4 Å². The van der Waals surface area contributed by atoms with Gasteiger partial charge in [0.05, 0.1) is 16.8 Å². The average Bonchev–Trinajstić information content (AvgIpc) is 2.90. The Hall–Kier alpha value is -2.95. The van der Waals surface area contributed by atoms with Crippen LogP contribution in [-0.2, 0) is 11.2 Å². The van der Waals surface area contributed by atoms with Crippen LogP contribution >= 0.6 is 0 Å². The molecule has 2 aromatic rings. The maximum absolute atomic E-state index is 13.4. The number of primary amides is 1. The third-order valence-corrected chi connectivity index (χ3v) is 5.21. The zero-order valence-electron chi connectivity index (χ0n) is 16.8. The smallest absolute Gasteiger partial charge is 0.266 e. The Morgan fingerprint density at radius 1 is 0.929 bits per heavy atom. The van der Waals surface area contributed by atoms with Crippen LogP contribution in [0.15, 0.2) is 36.4 Å². The van der Waals surface area contributed by atoms with Gasteiger partial charge in [0.2, 0.25) is 5.91 Å². The predicted octanol–water partition coefficient (Wildman–Crippen LogP) is 4.15. The minimum atomic E-state index is -0.432. The zero-order valence-corrected chi connectivity index (χ0v) is 16.8. The van der Waals surface area contributed by atoms with Crippen LogP contribution in [-0.4, -0.2) is 17.7 Å². The van der Waals surface area contributed by atoms with Gasteiger partial charge < -0.3 is 5.73 Å². The number of carbonyl (C=O) groups excluding carboxylic acids is 3. The minimum absolute atomic E-state index is 0.137. The molecule has 1 heterocycles. The lowest BCUT2D eigenvalue weighted by molar-refractivity contribution is -0.118. The monoisotopic (exact) mass is 378 g/mol. The summed E-state index contributed by atoms with van der Waals surface area (Å²) in [5.74, 6) is -0.746. The van der Waals surface area contributed by atoms with Crippen molar-refractivity contribution in [3.8, 4) is 0 Å². The van der Waals surface area contributed by atoms with E-state index < -0.39 is 5.91 Å². The number of benzene rings is 2. The Morgan fingerprint density at radius 2 is 1.50 bits per heavy atom. The van der Waals surface area contributed by atoms with E-state index in [1.807, 2.05) is 18.2 Å². The van der Waals surface area contributed by atoms with Crippen LogP contribution in [0.1, 0.15) is 83.4 Å². The molecule has 0 fully saturated rings. The Morgan fingerprint density at radius 3 is 2.04 bits per heavy atom. The van der Waals surface area contributed by atoms with Gasteiger partial charge >= 0.3 is 0 Å². The molecule has 2 N–H and O–H groups in total. The summed E-state index contributed by atoms with van der Waals surface area (Å²) in [6.45, 7) is 8.22. The second-order valence-corrected chi connectivity index (χ2v) is 7.85. The van der Waals surface area contributed by atoms with E-state index in [2.05, 4.69) is 27.7 Å². The molecule has 146 valence electrons. The van der Waals surface area contributed by atoms with Crippen molar-refractivity contribution in [3.05, 3.63) is 64.2 Å². The fraction of sp³-hybridized carbons (Fsp3) is 0.348. The van der Waals surface area contributed by atoms with Crippen molar-refractivity contribution < 1.29 is 14.4 Å². The van der Waals surface area contributed by atoms with Crippen LogP contribution in [0, 0.1) is 0 Å². The quantitative estimate of drug-likeness (QED) is 0.767. The van der Waals surface area contributed by atoms with E-state index in [1.54, 1.807) is 18.2 Å². The van der Waals surface area contributed by atoms with Crippen molar-refractivity contribution in [1.29, 1.82) is 0 Å². The van der Waals surface area contributed by atoms with Crippen molar-refractivity contribution in [2.45, 2.75) is 52.4 Å². The molecule has 5 nitrogen and oxygen atoms in total. The van der Waals surface area contributed by atoms with E-state index in [0.717, 1.165) is 11.1 Å². The van der Waals surface area contributed by atoms with Crippen LogP contribution in [0.3, 0.4) is 0 Å². The van der Waals surface area contributed by atoms with Crippen molar-refractivity contribution in [3.63, 3.8) is 0 Å². The Kier molecular flexibility index (Phi) is 5.36. The number of nitrogens with zero attached hydrogens (tertiary/aromatic N) is 1. The van der Waals surface area contributed by atoms with Crippen LogP contribution in [0.4, 0.5) is 5.69 Å². The molecule has 0 atom stereocenters. The number of anilines is 1. The van der Waals surface area contributed by atoms with Gasteiger partial charge in [0.15, 0.2) is 0 Å². The zero-order chi connectivity index (χ0) is 20.6. The summed E-state index contributed by atoms with van der Waals surface area (Å²) < 4.78 is 0. The molecular formula is C23H26N2O3. The third kappa shape index (κ3) is 3.33. The van der Waals surface area contributed by atoms with E-state index in [0.29, 0.717) is 28.8 Å². The molecule has 0 saturated carbocycles. The predicted molar refractivity (Wildman–Crippen MR) is 110 cm³/mol. The SMILES string of the molecule is CC(C)c1cccc(C(C)C)c1N1C(=O)c2cccc(CCC(N)=O)c2C1=O. The lowest BCUT2D eigenvalue weighted by Crippen LogP contribution is -2.32. The number of para-hydroxylation sites is 1. The number of carbonyl (C=O) groups is 3. The number of hydrogen-bond donors (Lipinski definition) is 1. The maximum Gasteiger partial charge on any atom is 0.266 e. The summed E-state index contributed by atoms with van der Waals surface area (Å²) in [5, 5.41) is 0. The van der Waals surface area contributed by atoms with Crippen LogP contribution in [0.2, 0.25) is 0 Å². The summed E-state index contributed by atoms with van der Waals surface area (Å²) in [6.07, 6.45) is 0.478. The van der Waals surface area contributed by atoms with E-state index in [-0.39, 0.29) is 30.1 Å². The molecule has 0 bridgehead atoms. The fourth-order valence-electron chi connectivity index (χ4n) is 3.79. The molecule has 0 aromatic heterocycles. The molecule has 0 radical (unpaired) electrons. The molecule has 5 heteroatoms. The fourth-order valence-corrected chi connectivity index (χ4v) is 3.79. The van der Waals surface area contributed by atoms with Gasteiger partial charge in [-0.3, -0.25) is 14.4 Å². The lowest BCUT2D eigenvalue weighted by atomic mass is 9.92. The highest BCUT2D eigenvalue weighted by Crippen LogP contribution is 2.40. The molecule has 0 saturated heterocycles. The number of rotatable bonds is 6. The van der Waals surface area contributed by atoms with Crippen molar-refractivity contribution in [2.24, 2.45) is 5.73 Å². The number of aryl methyl sites for hydroxylation is 1. The van der Waals surface area contributed by atoms with Gasteiger partial charge in [0.1, 0.15) is 0 Å². The Balaban J connectivity index is 2.16. The van der Waals surface area contributed by atoms with Gasteiger partial charge in [-0.25, -0.2) is 4.90 Å². The van der Waals surface area contributed by atoms with Gasteiger partial charge in [-0.2, -0.15) is 0 Å². The number of hydrogen-bond acceptors (Lipinski definition) is 3. The Bertz CT molecular complexity index is 934. The third-order valence-electron chi connectivity index (χ3n) is 5.21. The topological polar surface area (TPSA) is 80.5 Å². The number of imide groups is 1. The van der Waals surface area contributed by atoms with E-state index in [9.17, 15) is 14.4 Å². The summed E-state index contributed by atoms with van der Waals surface area (Å²) >= 11 is 0. The standard InChI is InChI=1S/C23H26N2O3/c1-13(2)16-8-6-9-17(14(3)4)21(16)25-22(27)18-10-5-7-15(11-12-19(24)26)20(18)23(25)28/h5-10,13-14H,11-12H2,1-4H3,(H2,24,26). The summed E-state index contributed by atoms with van der Waals surface area (Å²) in [4.78, 5) is 39.2. The highest BCUT2D eigenvalue weighted by molar-refractivity contribution is 6.35. The molecule has 0 unspecified atom stereocenters. The maximum atomic E-state index is 13.4.